The van der Waals surface area contributed by atoms with Gasteiger partial charge in [0.25, 0.3) is 0 Å². The molecule has 0 heterocycles. The van der Waals surface area contributed by atoms with E-state index in [9.17, 15) is 14.4 Å². The zero-order valence-corrected chi connectivity index (χ0v) is 15.7. The second kappa shape index (κ2) is 10.6. The SMILES string of the molecule is COC(=O)C(C)CN(CCC(C)C)C(=O)CCC(=O)c1ccccc1. The van der Waals surface area contributed by atoms with Gasteiger partial charge in [-0.1, -0.05) is 51.1 Å². The lowest BCUT2D eigenvalue weighted by molar-refractivity contribution is -0.146. The number of rotatable bonds is 10. The molecule has 1 unspecified atom stereocenters. The summed E-state index contributed by atoms with van der Waals surface area (Å²) in [6.07, 6.45) is 1.18. The van der Waals surface area contributed by atoms with Crippen molar-refractivity contribution < 1.29 is 19.1 Å². The van der Waals surface area contributed by atoms with Crippen LogP contribution in [-0.4, -0.2) is 42.8 Å². The van der Waals surface area contributed by atoms with Gasteiger partial charge in [-0.15, -0.1) is 0 Å². The third-order valence-corrected chi connectivity index (χ3v) is 4.09. The number of amides is 1. The Labute approximate surface area is 150 Å². The monoisotopic (exact) mass is 347 g/mol. The second-order valence-electron chi connectivity index (χ2n) is 6.74. The van der Waals surface area contributed by atoms with Gasteiger partial charge in [-0.2, -0.15) is 0 Å². The summed E-state index contributed by atoms with van der Waals surface area (Å²) in [5.74, 6) is -0.400. The van der Waals surface area contributed by atoms with E-state index in [4.69, 9.17) is 4.74 Å². The Kier molecular flexibility index (Phi) is 8.89. The van der Waals surface area contributed by atoms with E-state index < -0.39 is 0 Å². The van der Waals surface area contributed by atoms with Crippen molar-refractivity contribution in [3.8, 4) is 0 Å². The van der Waals surface area contributed by atoms with Crippen LogP contribution in [0.15, 0.2) is 30.3 Å². The van der Waals surface area contributed by atoms with Crippen LogP contribution in [0.3, 0.4) is 0 Å². The molecule has 0 aliphatic rings. The number of Topliss-reactive ketones (excluding diaryl/α,β-unsaturated/α-hetero) is 1. The lowest BCUT2D eigenvalue weighted by atomic mass is 10.0. The Morgan fingerprint density at radius 2 is 1.68 bits per heavy atom. The first-order valence-electron chi connectivity index (χ1n) is 8.79. The highest BCUT2D eigenvalue weighted by Crippen LogP contribution is 2.11. The number of hydrogen-bond donors (Lipinski definition) is 0. The van der Waals surface area contributed by atoms with Gasteiger partial charge in [0.15, 0.2) is 5.78 Å². The van der Waals surface area contributed by atoms with Crippen LogP contribution in [-0.2, 0) is 14.3 Å². The first-order valence-corrected chi connectivity index (χ1v) is 8.79. The van der Waals surface area contributed by atoms with E-state index in [0.29, 0.717) is 24.6 Å². The molecular weight excluding hydrogens is 318 g/mol. The molecule has 0 spiro atoms. The summed E-state index contributed by atoms with van der Waals surface area (Å²) in [7, 11) is 1.34. The Bertz CT molecular complexity index is 568. The Morgan fingerprint density at radius 1 is 1.04 bits per heavy atom. The summed E-state index contributed by atoms with van der Waals surface area (Å²) in [5, 5.41) is 0. The molecule has 0 N–H and O–H groups in total. The van der Waals surface area contributed by atoms with Gasteiger partial charge in [-0.25, -0.2) is 0 Å². The molecule has 0 aromatic heterocycles. The number of methoxy groups -OCH3 is 1. The van der Waals surface area contributed by atoms with Crippen LogP contribution >= 0.6 is 0 Å². The quantitative estimate of drug-likeness (QED) is 0.481. The fraction of sp³-hybridized carbons (Fsp3) is 0.550. The Hall–Kier alpha value is -2.17. The molecule has 1 amide bonds. The molecule has 25 heavy (non-hydrogen) atoms. The van der Waals surface area contributed by atoms with Crippen LogP contribution < -0.4 is 0 Å². The Balaban J connectivity index is 2.64. The number of nitrogens with zero attached hydrogens (tertiary/aromatic N) is 1. The molecule has 0 fully saturated rings. The van der Waals surface area contributed by atoms with Gasteiger partial charge < -0.3 is 9.64 Å². The lowest BCUT2D eigenvalue weighted by Crippen LogP contribution is -2.38. The van der Waals surface area contributed by atoms with E-state index in [0.717, 1.165) is 6.42 Å². The number of carbonyl (C=O) groups excluding carboxylic acids is 3. The second-order valence-corrected chi connectivity index (χ2v) is 6.74. The van der Waals surface area contributed by atoms with Crippen LogP contribution in [0.2, 0.25) is 0 Å². The molecule has 5 nitrogen and oxygen atoms in total. The van der Waals surface area contributed by atoms with Crippen molar-refractivity contribution in [3.63, 3.8) is 0 Å². The van der Waals surface area contributed by atoms with Crippen LogP contribution in [0.5, 0.6) is 0 Å². The summed E-state index contributed by atoms with van der Waals surface area (Å²) < 4.78 is 4.74. The average molecular weight is 347 g/mol. The number of carbonyl (C=O) groups is 3. The smallest absolute Gasteiger partial charge is 0.310 e. The van der Waals surface area contributed by atoms with E-state index in [1.807, 2.05) is 18.2 Å². The predicted octanol–water partition coefficient (Wildman–Crippen LogP) is 3.33. The minimum Gasteiger partial charge on any atom is -0.469 e. The fourth-order valence-corrected chi connectivity index (χ4v) is 2.49. The van der Waals surface area contributed by atoms with Crippen molar-refractivity contribution in [2.24, 2.45) is 11.8 Å². The summed E-state index contributed by atoms with van der Waals surface area (Å²) in [4.78, 5) is 38.1. The summed E-state index contributed by atoms with van der Waals surface area (Å²) in [5.41, 5.74) is 0.618. The van der Waals surface area contributed by atoms with Crippen molar-refractivity contribution >= 4 is 17.7 Å². The number of ketones is 1. The minimum absolute atomic E-state index is 0.0428. The van der Waals surface area contributed by atoms with E-state index in [-0.39, 0.29) is 36.4 Å². The highest BCUT2D eigenvalue weighted by molar-refractivity contribution is 5.97. The molecule has 0 saturated heterocycles. The molecule has 0 radical (unpaired) electrons. The zero-order valence-electron chi connectivity index (χ0n) is 15.7. The number of esters is 1. The van der Waals surface area contributed by atoms with Crippen molar-refractivity contribution in [2.45, 2.75) is 40.0 Å². The molecule has 0 aliphatic carbocycles. The van der Waals surface area contributed by atoms with E-state index >= 15 is 0 Å². The van der Waals surface area contributed by atoms with Crippen LogP contribution in [0.1, 0.15) is 50.4 Å². The number of benzene rings is 1. The first kappa shape index (κ1) is 20.9. The van der Waals surface area contributed by atoms with E-state index in [1.165, 1.54) is 7.11 Å². The third-order valence-electron chi connectivity index (χ3n) is 4.09. The summed E-state index contributed by atoms with van der Waals surface area (Å²) in [6.45, 7) is 6.82. The Morgan fingerprint density at radius 3 is 2.24 bits per heavy atom. The molecule has 5 heteroatoms. The van der Waals surface area contributed by atoms with Crippen LogP contribution in [0.4, 0.5) is 0 Å². The molecule has 0 saturated carbocycles. The maximum atomic E-state index is 12.6. The molecule has 138 valence electrons. The molecule has 1 aromatic rings. The standard InChI is InChI=1S/C20H29NO4/c1-15(2)12-13-21(14-16(3)20(24)25-4)19(23)11-10-18(22)17-8-6-5-7-9-17/h5-9,15-16H,10-14H2,1-4H3. The van der Waals surface area contributed by atoms with Crippen molar-refractivity contribution in [1.82, 2.24) is 4.90 Å². The van der Waals surface area contributed by atoms with Crippen LogP contribution in [0, 0.1) is 11.8 Å². The van der Waals surface area contributed by atoms with Crippen molar-refractivity contribution in [1.29, 1.82) is 0 Å². The highest BCUT2D eigenvalue weighted by atomic mass is 16.5. The molecule has 1 aromatic carbocycles. The van der Waals surface area contributed by atoms with E-state index in [2.05, 4.69) is 13.8 Å². The zero-order chi connectivity index (χ0) is 18.8. The van der Waals surface area contributed by atoms with Gasteiger partial charge in [0.2, 0.25) is 5.91 Å². The van der Waals surface area contributed by atoms with Crippen molar-refractivity contribution in [2.75, 3.05) is 20.2 Å². The summed E-state index contributed by atoms with van der Waals surface area (Å²) >= 11 is 0. The van der Waals surface area contributed by atoms with Gasteiger partial charge >= 0.3 is 5.97 Å². The highest BCUT2D eigenvalue weighted by Gasteiger charge is 2.22. The summed E-state index contributed by atoms with van der Waals surface area (Å²) in [6, 6.07) is 8.97. The normalized spacial score (nSPS) is 11.9. The average Bonchev–Trinajstić information content (AvgIpc) is 2.62. The van der Waals surface area contributed by atoms with Gasteiger partial charge in [-0.3, -0.25) is 14.4 Å². The fourth-order valence-electron chi connectivity index (χ4n) is 2.49. The molecular formula is C20H29NO4. The number of hydrogen-bond acceptors (Lipinski definition) is 4. The third kappa shape index (κ3) is 7.50. The largest absolute Gasteiger partial charge is 0.469 e. The molecule has 0 aliphatic heterocycles. The van der Waals surface area contributed by atoms with Gasteiger partial charge in [-0.05, 0) is 12.3 Å². The van der Waals surface area contributed by atoms with E-state index in [1.54, 1.807) is 24.0 Å². The van der Waals surface area contributed by atoms with Crippen LogP contribution in [0.25, 0.3) is 0 Å². The van der Waals surface area contributed by atoms with Gasteiger partial charge in [0.1, 0.15) is 0 Å². The lowest BCUT2D eigenvalue weighted by Gasteiger charge is -2.26. The van der Waals surface area contributed by atoms with Crippen molar-refractivity contribution in [3.05, 3.63) is 35.9 Å². The molecule has 0 bridgehead atoms. The molecule has 1 atom stereocenters. The predicted molar refractivity (Wildman–Crippen MR) is 97.2 cm³/mol. The maximum Gasteiger partial charge on any atom is 0.310 e. The number of ether oxygens (including phenoxy) is 1. The molecule has 1 rings (SSSR count). The first-order chi connectivity index (χ1) is 11.8. The maximum absolute atomic E-state index is 12.6. The topological polar surface area (TPSA) is 63.7 Å². The van der Waals surface area contributed by atoms with Gasteiger partial charge in [0, 0.05) is 31.5 Å². The minimum atomic E-state index is -0.383. The van der Waals surface area contributed by atoms with Gasteiger partial charge in [0.05, 0.1) is 13.0 Å².